The Morgan fingerprint density at radius 1 is 0.278 bits per heavy atom. The Morgan fingerprint density at radius 2 is 0.570 bits per heavy atom. The number of para-hydroxylation sites is 4. The van der Waals surface area contributed by atoms with E-state index in [2.05, 4.69) is 277 Å². The molecule has 0 amide bonds. The van der Waals surface area contributed by atoms with Gasteiger partial charge >= 0.3 is 0 Å². The van der Waals surface area contributed by atoms with Gasteiger partial charge in [0.1, 0.15) is 0 Å². The van der Waals surface area contributed by atoms with E-state index in [1.807, 2.05) is 0 Å². The van der Waals surface area contributed by atoms with Crippen LogP contribution in [-0.4, -0.2) is 14.9 Å². The zero-order valence-corrected chi connectivity index (χ0v) is 43.1. The van der Waals surface area contributed by atoms with Crippen molar-refractivity contribution < 1.29 is 4.79 Å². The molecule has 0 fully saturated rings. The molecule has 0 radical (unpaired) electrons. The molecular weight excluding hydrogens is 957 g/mol. The SMILES string of the molecule is Cc1ccc2c(c1)C1(c3ccccc3-c3ccccc31)c1cc(C(=O)c3ccc4c(c3)C3(c5ccccc5-4)c4cc(-n5c6ccccc6c6ccccc65)ccc4-c4ccc(-n5c6ccccc6c6ccccc65)cc43)ccc1-2. The van der Waals surface area contributed by atoms with Crippen LogP contribution in [0.25, 0.3) is 99.5 Å². The topological polar surface area (TPSA) is 26.9 Å². The highest BCUT2D eigenvalue weighted by molar-refractivity contribution is 6.13. The lowest BCUT2D eigenvalue weighted by Crippen LogP contribution is -2.27. The Morgan fingerprint density at radius 3 is 0.975 bits per heavy atom. The van der Waals surface area contributed by atoms with Gasteiger partial charge in [-0.15, -0.1) is 0 Å². The van der Waals surface area contributed by atoms with Gasteiger partial charge in [0, 0.05) is 44.0 Å². The van der Waals surface area contributed by atoms with Crippen LogP contribution in [0.4, 0.5) is 0 Å². The molecule has 0 unspecified atom stereocenters. The number of nitrogens with zero attached hydrogens (tertiary/aromatic N) is 2. The standard InChI is InChI=1S/C76H46N2O/c1-45-30-35-53-55-37-32-46(41-66(55)75(65(53)40-45)62-23-9-2-16-50(62)51-17-3-10-24-63(51)75)74(79)47-31-36-54-52-18-4-11-25-64(52)76(67(54)42-47)68-43-48(77-70-26-12-5-19-58(70)59-20-6-13-27-71(59)77)33-38-56(68)57-39-34-49(44-69(57)76)78-72-28-14-7-21-60(72)61-22-8-15-29-73(61)78/h2-44H,1H3. The van der Waals surface area contributed by atoms with E-state index in [0.29, 0.717) is 11.1 Å². The number of carbonyl (C=O) groups is 1. The molecule has 0 bridgehead atoms. The summed E-state index contributed by atoms with van der Waals surface area (Å²) >= 11 is 0. The van der Waals surface area contributed by atoms with Crippen molar-refractivity contribution in [3.63, 3.8) is 0 Å². The third-order valence-corrected chi connectivity index (χ3v) is 18.6. The van der Waals surface area contributed by atoms with Crippen LogP contribution in [0.5, 0.6) is 0 Å². The maximum Gasteiger partial charge on any atom is 0.193 e. The highest BCUT2D eigenvalue weighted by Crippen LogP contribution is 2.65. The average molecular weight is 1000 g/mol. The van der Waals surface area contributed by atoms with Gasteiger partial charge in [0.05, 0.1) is 32.9 Å². The van der Waals surface area contributed by atoms with Gasteiger partial charge in [0.15, 0.2) is 5.78 Å². The minimum absolute atomic E-state index is 0.00932. The summed E-state index contributed by atoms with van der Waals surface area (Å²) in [6.45, 7) is 2.19. The first kappa shape index (κ1) is 43.1. The van der Waals surface area contributed by atoms with Crippen molar-refractivity contribution in [2.45, 2.75) is 17.8 Å². The molecule has 12 aromatic carbocycles. The van der Waals surface area contributed by atoms with Crippen LogP contribution in [0, 0.1) is 6.92 Å². The van der Waals surface area contributed by atoms with E-state index in [1.54, 1.807) is 0 Å². The number of aromatic nitrogens is 2. The molecule has 3 heteroatoms. The van der Waals surface area contributed by atoms with Gasteiger partial charge in [-0.25, -0.2) is 0 Å². The molecule has 2 aromatic heterocycles. The number of hydrogen-bond donors (Lipinski definition) is 0. The zero-order chi connectivity index (χ0) is 51.9. The van der Waals surface area contributed by atoms with Crippen molar-refractivity contribution in [3.05, 3.63) is 322 Å². The van der Waals surface area contributed by atoms with Crippen LogP contribution in [0.2, 0.25) is 0 Å². The molecule has 3 nitrogen and oxygen atoms in total. The van der Waals surface area contributed by atoms with Crippen molar-refractivity contribution in [2.24, 2.45) is 0 Å². The van der Waals surface area contributed by atoms with Crippen molar-refractivity contribution in [3.8, 4) is 55.9 Å². The van der Waals surface area contributed by atoms with E-state index in [0.717, 1.165) is 28.1 Å². The summed E-state index contributed by atoms with van der Waals surface area (Å²) in [5.74, 6) is 0.00932. The molecule has 366 valence electrons. The molecule has 2 heterocycles. The van der Waals surface area contributed by atoms with Crippen LogP contribution >= 0.6 is 0 Å². The first-order chi connectivity index (χ1) is 39.0. The third kappa shape index (κ3) is 5.30. The van der Waals surface area contributed by atoms with Crippen LogP contribution in [0.1, 0.15) is 66.0 Å². The Bertz CT molecular complexity index is 4760. The van der Waals surface area contributed by atoms with Gasteiger partial charge in [-0.3, -0.25) is 4.79 Å². The van der Waals surface area contributed by atoms with Crippen LogP contribution in [-0.2, 0) is 10.8 Å². The molecule has 0 saturated carbocycles. The zero-order valence-electron chi connectivity index (χ0n) is 43.1. The summed E-state index contributed by atoms with van der Waals surface area (Å²) in [6.07, 6.45) is 0. The molecule has 14 aromatic rings. The normalized spacial score (nSPS) is 14.1. The highest BCUT2D eigenvalue weighted by atomic mass is 16.1. The number of aryl methyl sites for hydroxylation is 1. The summed E-state index contributed by atoms with van der Waals surface area (Å²) in [4.78, 5) is 15.9. The van der Waals surface area contributed by atoms with Crippen molar-refractivity contribution in [2.75, 3.05) is 0 Å². The summed E-state index contributed by atoms with van der Waals surface area (Å²) in [5, 5.41) is 4.91. The van der Waals surface area contributed by atoms with Crippen molar-refractivity contribution in [1.82, 2.24) is 9.13 Å². The number of carbonyl (C=O) groups excluding carboxylic acids is 1. The average Bonchev–Trinajstić information content (AvgIpc) is 4.49. The quantitative estimate of drug-likeness (QED) is 0.161. The molecule has 0 atom stereocenters. The first-order valence-electron chi connectivity index (χ1n) is 27.5. The minimum atomic E-state index is -0.783. The second-order valence-corrected chi connectivity index (χ2v) is 22.2. The molecule has 0 aliphatic heterocycles. The van der Waals surface area contributed by atoms with E-state index < -0.39 is 10.8 Å². The lowest BCUT2D eigenvalue weighted by atomic mass is 9.69. The third-order valence-electron chi connectivity index (χ3n) is 18.6. The molecule has 0 N–H and O–H groups in total. The lowest BCUT2D eigenvalue weighted by molar-refractivity contribution is 0.103. The fraction of sp³-hybridized carbons (Fsp3) is 0.0395. The minimum Gasteiger partial charge on any atom is -0.309 e. The second-order valence-electron chi connectivity index (χ2n) is 22.2. The van der Waals surface area contributed by atoms with E-state index in [1.165, 1.54) is 122 Å². The fourth-order valence-corrected chi connectivity index (χ4v) is 15.5. The van der Waals surface area contributed by atoms with E-state index >= 15 is 4.79 Å². The predicted octanol–water partition coefficient (Wildman–Crippen LogP) is 18.1. The van der Waals surface area contributed by atoms with Gasteiger partial charge in [-0.1, -0.05) is 206 Å². The Balaban J connectivity index is 0.884. The fourth-order valence-electron chi connectivity index (χ4n) is 15.5. The van der Waals surface area contributed by atoms with Gasteiger partial charge in [-0.05, 0) is 157 Å². The first-order valence-corrected chi connectivity index (χ1v) is 27.5. The monoisotopic (exact) mass is 1000 g/mol. The van der Waals surface area contributed by atoms with Crippen LogP contribution < -0.4 is 0 Å². The van der Waals surface area contributed by atoms with E-state index in [-0.39, 0.29) is 5.78 Å². The maximum atomic E-state index is 15.9. The Kier molecular flexibility index (Phi) is 8.35. The van der Waals surface area contributed by atoms with Gasteiger partial charge in [-0.2, -0.15) is 0 Å². The molecular formula is C76H46N2O. The molecule has 4 aliphatic carbocycles. The lowest BCUT2D eigenvalue weighted by Gasteiger charge is -2.31. The number of rotatable bonds is 4. The number of hydrogen-bond acceptors (Lipinski definition) is 1. The van der Waals surface area contributed by atoms with Crippen molar-refractivity contribution in [1.29, 1.82) is 0 Å². The molecule has 2 spiro atoms. The number of benzene rings is 12. The molecule has 4 aliphatic rings. The summed E-state index contributed by atoms with van der Waals surface area (Å²) in [6, 6.07) is 96.1. The van der Waals surface area contributed by atoms with Gasteiger partial charge < -0.3 is 9.13 Å². The van der Waals surface area contributed by atoms with Crippen LogP contribution in [0.3, 0.4) is 0 Å². The number of ketones is 1. The summed E-state index contributed by atoms with van der Waals surface area (Å²) < 4.78 is 4.88. The number of fused-ring (bicyclic) bond motifs is 26. The van der Waals surface area contributed by atoms with Crippen LogP contribution in [0.15, 0.2) is 261 Å². The maximum absolute atomic E-state index is 15.9. The molecule has 18 rings (SSSR count). The highest BCUT2D eigenvalue weighted by Gasteiger charge is 2.54. The van der Waals surface area contributed by atoms with Gasteiger partial charge in [0.25, 0.3) is 0 Å². The smallest absolute Gasteiger partial charge is 0.193 e. The van der Waals surface area contributed by atoms with E-state index in [4.69, 9.17) is 0 Å². The summed E-state index contributed by atoms with van der Waals surface area (Å²) in [7, 11) is 0. The van der Waals surface area contributed by atoms with E-state index in [9.17, 15) is 0 Å². The summed E-state index contributed by atoms with van der Waals surface area (Å²) in [5.41, 5.74) is 27.5. The molecule has 0 saturated heterocycles. The second kappa shape index (κ2) is 15.3. The van der Waals surface area contributed by atoms with Crippen molar-refractivity contribution >= 4 is 49.4 Å². The van der Waals surface area contributed by atoms with Gasteiger partial charge in [0.2, 0.25) is 0 Å². The molecule has 79 heavy (non-hydrogen) atoms. The Hall–Kier alpha value is -10.1. The largest absolute Gasteiger partial charge is 0.309 e. The Labute approximate surface area is 456 Å². The predicted molar refractivity (Wildman–Crippen MR) is 322 cm³/mol.